The van der Waals surface area contributed by atoms with Gasteiger partial charge in [-0.25, -0.2) is 9.37 Å². The smallest absolute Gasteiger partial charge is 0.246 e. The molecule has 0 unspecified atom stereocenters. The van der Waals surface area contributed by atoms with Crippen LogP contribution in [0.5, 0.6) is 0 Å². The number of carbonyl (C=O) groups excluding carboxylic acids is 1. The molecule has 0 aliphatic rings. The molecule has 0 bridgehead atoms. The number of carbonyl (C=O) groups is 1. The van der Waals surface area contributed by atoms with Crippen LogP contribution in [0.3, 0.4) is 0 Å². The molecule has 0 saturated heterocycles. The van der Waals surface area contributed by atoms with E-state index in [1.807, 2.05) is 12.1 Å². The summed E-state index contributed by atoms with van der Waals surface area (Å²) < 4.78 is 18.6. The third-order valence-electron chi connectivity index (χ3n) is 3.46. The van der Waals surface area contributed by atoms with E-state index in [0.717, 1.165) is 11.2 Å². The molecule has 0 aliphatic carbocycles. The van der Waals surface area contributed by atoms with Gasteiger partial charge in [0.1, 0.15) is 17.4 Å². The van der Waals surface area contributed by atoms with Crippen LogP contribution in [0.15, 0.2) is 40.8 Å². The summed E-state index contributed by atoms with van der Waals surface area (Å²) in [6, 6.07) is 8.93. The summed E-state index contributed by atoms with van der Waals surface area (Å²) >= 11 is 5.71. The fraction of sp³-hybridized carbons (Fsp3) is 0.176. The van der Waals surface area contributed by atoms with Gasteiger partial charge in [-0.15, -0.1) is 0 Å². The molecule has 24 heavy (non-hydrogen) atoms. The quantitative estimate of drug-likeness (QED) is 0.735. The molecule has 3 rings (SSSR count). The van der Waals surface area contributed by atoms with Gasteiger partial charge < -0.3 is 15.1 Å². The van der Waals surface area contributed by atoms with Crippen LogP contribution in [0.2, 0.25) is 5.02 Å². The lowest BCUT2D eigenvalue weighted by Gasteiger charge is -2.15. The molecule has 0 spiro atoms. The fourth-order valence-electron chi connectivity index (χ4n) is 2.27. The van der Waals surface area contributed by atoms with Crippen molar-refractivity contribution in [2.24, 2.45) is 0 Å². The predicted octanol–water partition coefficient (Wildman–Crippen LogP) is 4.37. The van der Waals surface area contributed by atoms with E-state index in [1.165, 1.54) is 18.2 Å². The van der Waals surface area contributed by atoms with Crippen molar-refractivity contribution in [2.75, 3.05) is 10.6 Å². The summed E-state index contributed by atoms with van der Waals surface area (Å²) in [5.74, 6) is -0.215. The third kappa shape index (κ3) is 3.49. The first kappa shape index (κ1) is 16.3. The lowest BCUT2D eigenvalue weighted by Crippen LogP contribution is -2.31. The first-order valence-electron chi connectivity index (χ1n) is 7.32. The van der Waals surface area contributed by atoms with E-state index in [9.17, 15) is 9.18 Å². The van der Waals surface area contributed by atoms with Crippen molar-refractivity contribution in [3.05, 3.63) is 53.1 Å². The van der Waals surface area contributed by atoms with E-state index in [2.05, 4.69) is 15.6 Å². The second-order valence-electron chi connectivity index (χ2n) is 5.40. The molecule has 1 amide bonds. The molecule has 1 aromatic heterocycles. The number of nitrogens with one attached hydrogen (secondary N) is 2. The second-order valence-corrected chi connectivity index (χ2v) is 5.81. The summed E-state index contributed by atoms with van der Waals surface area (Å²) in [5, 5.41) is 5.73. The standard InChI is InChI=1S/C17H15ClFN3O2/c1-9(17(23)22-11-3-5-14(19)13(18)7-11)20-12-4-6-16-15(8-12)21-10(2)24-16/h3-9,20H,1-2H3,(H,22,23)/t9-/m1/s1. The van der Waals surface area contributed by atoms with Crippen LogP contribution in [0.4, 0.5) is 15.8 Å². The normalized spacial score (nSPS) is 12.2. The van der Waals surface area contributed by atoms with E-state index in [-0.39, 0.29) is 10.9 Å². The van der Waals surface area contributed by atoms with Crippen LogP contribution in [-0.2, 0) is 4.79 Å². The number of oxazole rings is 1. The summed E-state index contributed by atoms with van der Waals surface area (Å²) in [6.07, 6.45) is 0. The van der Waals surface area contributed by atoms with Crippen molar-refractivity contribution >= 4 is 40.0 Å². The number of amides is 1. The molecule has 3 aromatic rings. The Labute approximate surface area is 142 Å². The van der Waals surface area contributed by atoms with Crippen LogP contribution in [-0.4, -0.2) is 16.9 Å². The first-order chi connectivity index (χ1) is 11.4. The lowest BCUT2D eigenvalue weighted by molar-refractivity contribution is -0.116. The summed E-state index contributed by atoms with van der Waals surface area (Å²) in [5.41, 5.74) is 2.59. The maximum atomic E-state index is 13.1. The topological polar surface area (TPSA) is 67.2 Å². The number of aromatic nitrogens is 1. The highest BCUT2D eigenvalue weighted by Gasteiger charge is 2.14. The number of aryl methyl sites for hydroxylation is 1. The molecule has 2 aromatic carbocycles. The van der Waals surface area contributed by atoms with Gasteiger partial charge in [0.15, 0.2) is 11.5 Å². The highest BCUT2D eigenvalue weighted by atomic mass is 35.5. The van der Waals surface area contributed by atoms with Crippen LogP contribution >= 0.6 is 11.6 Å². The number of fused-ring (bicyclic) bond motifs is 1. The molecule has 5 nitrogen and oxygen atoms in total. The van der Waals surface area contributed by atoms with E-state index in [0.29, 0.717) is 17.2 Å². The molecular weight excluding hydrogens is 333 g/mol. The Morgan fingerprint density at radius 3 is 2.75 bits per heavy atom. The van der Waals surface area contributed by atoms with E-state index >= 15 is 0 Å². The van der Waals surface area contributed by atoms with E-state index in [4.69, 9.17) is 16.0 Å². The molecule has 124 valence electrons. The van der Waals surface area contributed by atoms with Gasteiger partial charge in [-0.3, -0.25) is 4.79 Å². The summed E-state index contributed by atoms with van der Waals surface area (Å²) in [6.45, 7) is 3.50. The van der Waals surface area contributed by atoms with Gasteiger partial charge >= 0.3 is 0 Å². The largest absolute Gasteiger partial charge is 0.441 e. The molecule has 0 saturated carbocycles. The van der Waals surface area contributed by atoms with Gasteiger partial charge in [0, 0.05) is 18.3 Å². The molecular formula is C17H15ClFN3O2. The van der Waals surface area contributed by atoms with Gasteiger partial charge in [-0.05, 0) is 43.3 Å². The summed E-state index contributed by atoms with van der Waals surface area (Å²) in [7, 11) is 0. The number of hydrogen-bond donors (Lipinski definition) is 2. The lowest BCUT2D eigenvalue weighted by atomic mass is 10.2. The zero-order valence-corrected chi connectivity index (χ0v) is 13.8. The SMILES string of the molecule is Cc1nc2cc(N[C@H](C)C(=O)Nc3ccc(F)c(Cl)c3)ccc2o1. The zero-order chi connectivity index (χ0) is 17.3. The van der Waals surface area contributed by atoms with Crippen molar-refractivity contribution in [2.45, 2.75) is 19.9 Å². The Morgan fingerprint density at radius 1 is 1.25 bits per heavy atom. The molecule has 1 heterocycles. The Morgan fingerprint density at radius 2 is 2.00 bits per heavy atom. The van der Waals surface area contributed by atoms with Crippen LogP contribution in [0.25, 0.3) is 11.1 Å². The minimum atomic E-state index is -0.531. The number of benzene rings is 2. The molecule has 0 aliphatic heterocycles. The highest BCUT2D eigenvalue weighted by molar-refractivity contribution is 6.31. The van der Waals surface area contributed by atoms with Crippen LogP contribution in [0, 0.1) is 12.7 Å². The van der Waals surface area contributed by atoms with E-state index < -0.39 is 11.9 Å². The van der Waals surface area contributed by atoms with Crippen molar-refractivity contribution in [1.82, 2.24) is 4.98 Å². The molecule has 2 N–H and O–H groups in total. The number of hydrogen-bond acceptors (Lipinski definition) is 4. The van der Waals surface area contributed by atoms with Gasteiger partial charge in [-0.1, -0.05) is 11.6 Å². The van der Waals surface area contributed by atoms with Gasteiger partial charge in [0.05, 0.1) is 5.02 Å². The minimum absolute atomic E-state index is 0.0414. The zero-order valence-electron chi connectivity index (χ0n) is 13.1. The average Bonchev–Trinajstić information content (AvgIpc) is 2.90. The van der Waals surface area contributed by atoms with Crippen LogP contribution in [0.1, 0.15) is 12.8 Å². The minimum Gasteiger partial charge on any atom is -0.441 e. The molecule has 1 atom stereocenters. The molecule has 0 radical (unpaired) electrons. The predicted molar refractivity (Wildman–Crippen MR) is 91.9 cm³/mol. The van der Waals surface area contributed by atoms with Gasteiger partial charge in [-0.2, -0.15) is 0 Å². The number of halogens is 2. The maximum Gasteiger partial charge on any atom is 0.246 e. The molecule has 0 fully saturated rings. The first-order valence-corrected chi connectivity index (χ1v) is 7.70. The van der Waals surface area contributed by atoms with E-state index in [1.54, 1.807) is 19.9 Å². The van der Waals surface area contributed by atoms with Crippen LogP contribution < -0.4 is 10.6 Å². The third-order valence-corrected chi connectivity index (χ3v) is 3.75. The van der Waals surface area contributed by atoms with Crippen molar-refractivity contribution in [3.63, 3.8) is 0 Å². The number of rotatable bonds is 4. The van der Waals surface area contributed by atoms with Crippen molar-refractivity contribution < 1.29 is 13.6 Å². The number of nitrogens with zero attached hydrogens (tertiary/aromatic N) is 1. The average molecular weight is 348 g/mol. The fourth-order valence-corrected chi connectivity index (χ4v) is 2.45. The van der Waals surface area contributed by atoms with Crippen molar-refractivity contribution in [1.29, 1.82) is 0 Å². The Bertz CT molecular complexity index is 910. The monoisotopic (exact) mass is 347 g/mol. The van der Waals surface area contributed by atoms with Gasteiger partial charge in [0.2, 0.25) is 5.91 Å². The Kier molecular flexibility index (Phi) is 4.40. The Hall–Kier alpha value is -2.60. The second kappa shape index (κ2) is 6.49. The van der Waals surface area contributed by atoms with Crippen molar-refractivity contribution in [3.8, 4) is 0 Å². The van der Waals surface area contributed by atoms with Gasteiger partial charge in [0.25, 0.3) is 0 Å². The highest BCUT2D eigenvalue weighted by Crippen LogP contribution is 2.21. The number of anilines is 2. The maximum absolute atomic E-state index is 13.1. The Balaban J connectivity index is 1.69. The molecule has 7 heteroatoms. The summed E-state index contributed by atoms with van der Waals surface area (Å²) in [4.78, 5) is 16.5.